The van der Waals surface area contributed by atoms with Crippen LogP contribution in [0, 0.1) is 0 Å². The predicted molar refractivity (Wildman–Crippen MR) is 88.5 cm³/mol. The van der Waals surface area contributed by atoms with Crippen LogP contribution < -0.4 is 0 Å². The summed E-state index contributed by atoms with van der Waals surface area (Å²) in [5, 5.41) is 7.62. The summed E-state index contributed by atoms with van der Waals surface area (Å²) in [6, 6.07) is 14.1. The van der Waals surface area contributed by atoms with Crippen LogP contribution >= 0.6 is 0 Å². The zero-order valence-corrected chi connectivity index (χ0v) is 13.0. The van der Waals surface area contributed by atoms with Gasteiger partial charge in [0.05, 0.1) is 0 Å². The minimum atomic E-state index is 0.475. The van der Waals surface area contributed by atoms with Crippen molar-refractivity contribution in [3.63, 3.8) is 0 Å². The van der Waals surface area contributed by atoms with Gasteiger partial charge in [0.1, 0.15) is 18.2 Å². The smallest absolute Gasteiger partial charge is 0.227 e. The monoisotopic (exact) mass is 304 g/mol. The van der Waals surface area contributed by atoms with Gasteiger partial charge in [0.25, 0.3) is 0 Å². The van der Waals surface area contributed by atoms with Crippen molar-refractivity contribution < 1.29 is 4.42 Å². The van der Waals surface area contributed by atoms with E-state index >= 15 is 0 Å². The number of benzene rings is 2. The molecule has 114 valence electrons. The van der Waals surface area contributed by atoms with Gasteiger partial charge in [0, 0.05) is 11.3 Å². The molecule has 0 aliphatic rings. The van der Waals surface area contributed by atoms with Gasteiger partial charge in [0.15, 0.2) is 5.58 Å². The Kier molecular flexibility index (Phi) is 3.19. The number of nitrogens with zero attached hydrogens (tertiary/aromatic N) is 4. The van der Waals surface area contributed by atoms with Crippen LogP contribution in [0.2, 0.25) is 0 Å². The Balaban J connectivity index is 1.71. The van der Waals surface area contributed by atoms with Crippen molar-refractivity contribution in [2.24, 2.45) is 0 Å². The summed E-state index contributed by atoms with van der Waals surface area (Å²) < 4.78 is 7.73. The first-order valence-corrected chi connectivity index (χ1v) is 7.56. The lowest BCUT2D eigenvalue weighted by Gasteiger charge is -2.02. The third-order valence-electron chi connectivity index (χ3n) is 3.91. The van der Waals surface area contributed by atoms with Gasteiger partial charge in [-0.15, -0.1) is 10.2 Å². The van der Waals surface area contributed by atoms with Crippen molar-refractivity contribution in [3.05, 3.63) is 60.7 Å². The molecule has 4 aromatic rings. The van der Waals surface area contributed by atoms with Crippen LogP contribution in [0.4, 0.5) is 0 Å². The largest absolute Gasteiger partial charge is 0.436 e. The molecule has 0 radical (unpaired) electrons. The zero-order valence-electron chi connectivity index (χ0n) is 13.0. The van der Waals surface area contributed by atoms with Gasteiger partial charge in [-0.3, -0.25) is 4.57 Å². The second-order valence-electron chi connectivity index (χ2n) is 5.82. The molecule has 0 N–H and O–H groups in total. The Hall–Kier alpha value is -2.95. The Morgan fingerprint density at radius 3 is 2.39 bits per heavy atom. The molecule has 5 nitrogen and oxygen atoms in total. The van der Waals surface area contributed by atoms with Crippen LogP contribution in [0.1, 0.15) is 25.3 Å². The standard InChI is InChI=1S/C18H16N4O/c1-12(2)14-5-8-17-16(9-14)21-18(23-17)13-3-6-15(7-4-13)22-10-19-20-11-22/h3-12H,1-2H3. The molecular weight excluding hydrogens is 288 g/mol. The van der Waals surface area contributed by atoms with Gasteiger partial charge in [-0.2, -0.15) is 0 Å². The Morgan fingerprint density at radius 1 is 0.957 bits per heavy atom. The molecule has 0 spiro atoms. The summed E-state index contributed by atoms with van der Waals surface area (Å²) in [7, 11) is 0. The molecule has 0 bridgehead atoms. The lowest BCUT2D eigenvalue weighted by Crippen LogP contribution is -1.89. The molecule has 0 fully saturated rings. The molecule has 4 rings (SSSR count). The first kappa shape index (κ1) is 13.7. The molecule has 0 saturated carbocycles. The predicted octanol–water partition coefficient (Wildman–Crippen LogP) is 4.20. The first-order chi connectivity index (χ1) is 11.2. The summed E-state index contributed by atoms with van der Waals surface area (Å²) in [6.07, 6.45) is 3.34. The Morgan fingerprint density at radius 2 is 1.70 bits per heavy atom. The van der Waals surface area contributed by atoms with Gasteiger partial charge in [-0.25, -0.2) is 4.98 Å². The molecule has 2 heterocycles. The van der Waals surface area contributed by atoms with Crippen molar-refractivity contribution in [2.75, 3.05) is 0 Å². The molecular formula is C18H16N4O. The molecule has 0 unspecified atom stereocenters. The molecule has 23 heavy (non-hydrogen) atoms. The van der Waals surface area contributed by atoms with Crippen LogP contribution in [0.3, 0.4) is 0 Å². The Bertz CT molecular complexity index is 937. The highest BCUT2D eigenvalue weighted by atomic mass is 16.3. The van der Waals surface area contributed by atoms with Crippen LogP contribution in [0.15, 0.2) is 59.5 Å². The normalized spacial score (nSPS) is 11.4. The quantitative estimate of drug-likeness (QED) is 0.569. The fourth-order valence-corrected chi connectivity index (χ4v) is 2.54. The number of hydrogen-bond acceptors (Lipinski definition) is 4. The topological polar surface area (TPSA) is 56.7 Å². The minimum absolute atomic E-state index is 0.475. The number of rotatable bonds is 3. The lowest BCUT2D eigenvalue weighted by molar-refractivity contribution is 0.619. The maximum absolute atomic E-state index is 5.88. The number of hydrogen-bond donors (Lipinski definition) is 0. The average molecular weight is 304 g/mol. The number of oxazole rings is 1. The summed E-state index contributed by atoms with van der Waals surface area (Å²) in [5.41, 5.74) is 4.92. The van der Waals surface area contributed by atoms with E-state index in [4.69, 9.17) is 4.42 Å². The second kappa shape index (κ2) is 5.35. The van der Waals surface area contributed by atoms with Gasteiger partial charge < -0.3 is 4.42 Å². The van der Waals surface area contributed by atoms with Crippen LogP contribution in [-0.4, -0.2) is 19.7 Å². The molecule has 0 aliphatic heterocycles. The van der Waals surface area contributed by atoms with E-state index in [0.29, 0.717) is 11.8 Å². The molecule has 0 amide bonds. The van der Waals surface area contributed by atoms with Crippen molar-refractivity contribution in [3.8, 4) is 17.1 Å². The maximum Gasteiger partial charge on any atom is 0.227 e. The van der Waals surface area contributed by atoms with Crippen molar-refractivity contribution in [2.45, 2.75) is 19.8 Å². The number of fused-ring (bicyclic) bond motifs is 1. The molecule has 2 aromatic carbocycles. The fraction of sp³-hybridized carbons (Fsp3) is 0.167. The van der Waals surface area contributed by atoms with Crippen molar-refractivity contribution in [1.82, 2.24) is 19.7 Å². The van der Waals surface area contributed by atoms with E-state index in [1.807, 2.05) is 34.9 Å². The van der Waals surface area contributed by atoms with E-state index in [9.17, 15) is 0 Å². The zero-order chi connectivity index (χ0) is 15.8. The highest BCUT2D eigenvalue weighted by molar-refractivity contribution is 5.77. The number of aromatic nitrogens is 4. The maximum atomic E-state index is 5.88. The molecule has 2 aromatic heterocycles. The molecule has 5 heteroatoms. The van der Waals surface area contributed by atoms with Crippen LogP contribution in [0.5, 0.6) is 0 Å². The second-order valence-corrected chi connectivity index (χ2v) is 5.82. The summed E-state index contributed by atoms with van der Waals surface area (Å²) in [5.74, 6) is 1.11. The van der Waals surface area contributed by atoms with Crippen molar-refractivity contribution in [1.29, 1.82) is 0 Å². The van der Waals surface area contributed by atoms with E-state index in [0.717, 1.165) is 22.4 Å². The van der Waals surface area contributed by atoms with E-state index in [1.54, 1.807) is 12.7 Å². The van der Waals surface area contributed by atoms with E-state index in [2.05, 4.69) is 41.2 Å². The van der Waals surface area contributed by atoms with Gasteiger partial charge >= 0.3 is 0 Å². The summed E-state index contributed by atoms with van der Waals surface area (Å²) in [6.45, 7) is 4.34. The molecule has 0 atom stereocenters. The lowest BCUT2D eigenvalue weighted by atomic mass is 10.0. The molecule has 0 aliphatic carbocycles. The highest BCUT2D eigenvalue weighted by Crippen LogP contribution is 2.27. The fourth-order valence-electron chi connectivity index (χ4n) is 2.54. The average Bonchev–Trinajstić information content (AvgIpc) is 3.23. The first-order valence-electron chi connectivity index (χ1n) is 7.56. The van der Waals surface area contributed by atoms with Crippen LogP contribution in [0.25, 0.3) is 28.2 Å². The highest BCUT2D eigenvalue weighted by Gasteiger charge is 2.10. The van der Waals surface area contributed by atoms with Gasteiger partial charge in [0.2, 0.25) is 5.89 Å². The summed E-state index contributed by atoms with van der Waals surface area (Å²) in [4.78, 5) is 4.62. The van der Waals surface area contributed by atoms with Crippen LogP contribution in [-0.2, 0) is 0 Å². The van der Waals surface area contributed by atoms with E-state index in [-0.39, 0.29) is 0 Å². The molecule has 0 saturated heterocycles. The van der Waals surface area contributed by atoms with E-state index in [1.165, 1.54) is 5.56 Å². The third-order valence-corrected chi connectivity index (χ3v) is 3.91. The van der Waals surface area contributed by atoms with Gasteiger partial charge in [-0.1, -0.05) is 19.9 Å². The minimum Gasteiger partial charge on any atom is -0.436 e. The Labute approximate surface area is 133 Å². The van der Waals surface area contributed by atoms with E-state index < -0.39 is 0 Å². The third kappa shape index (κ3) is 2.50. The van der Waals surface area contributed by atoms with Crippen molar-refractivity contribution >= 4 is 11.1 Å². The van der Waals surface area contributed by atoms with Gasteiger partial charge in [-0.05, 0) is 47.9 Å². The summed E-state index contributed by atoms with van der Waals surface area (Å²) >= 11 is 0. The SMILES string of the molecule is CC(C)c1ccc2oc(-c3ccc(-n4cnnc4)cc3)nc2c1.